The number of benzene rings is 1. The molecular weight excluding hydrogens is 543 g/mol. The highest BCUT2D eigenvalue weighted by molar-refractivity contribution is 7.89. The van der Waals surface area contributed by atoms with Gasteiger partial charge in [-0.2, -0.15) is 4.31 Å². The Labute approximate surface area is 227 Å². The van der Waals surface area contributed by atoms with Crippen molar-refractivity contribution in [3.05, 3.63) is 28.2 Å². The lowest BCUT2D eigenvalue weighted by Crippen LogP contribution is -2.51. The topological polar surface area (TPSA) is 150 Å². The van der Waals surface area contributed by atoms with E-state index in [1.807, 2.05) is 13.8 Å². The van der Waals surface area contributed by atoms with Crippen molar-refractivity contribution in [3.8, 4) is 0 Å². The lowest BCUT2D eigenvalue weighted by atomic mass is 9.81. The highest BCUT2D eigenvalue weighted by Gasteiger charge is 2.41. The minimum absolute atomic E-state index is 0.0539. The fourth-order valence-electron chi connectivity index (χ4n) is 4.93. The SMILES string of the molecule is CC(C)(N)C1CCN(C(=O)CC[C@H](NC(=O)[C@@H]2CCCN2S(=O)(=O)c2cc(Cl)cc(Cl)c2)C(=O)O)CC1. The number of likely N-dealkylation sites (tertiary alicyclic amines) is 1. The van der Waals surface area contributed by atoms with Crippen LogP contribution in [0.5, 0.6) is 0 Å². The highest BCUT2D eigenvalue weighted by atomic mass is 35.5. The molecular formula is C24H34Cl2N4O6S. The molecule has 2 saturated heterocycles. The third kappa shape index (κ3) is 7.35. The minimum atomic E-state index is -4.10. The number of hydrogen-bond acceptors (Lipinski definition) is 6. The number of carbonyl (C=O) groups is 3. The van der Waals surface area contributed by atoms with Crippen LogP contribution in [-0.2, 0) is 24.4 Å². The van der Waals surface area contributed by atoms with E-state index in [0.717, 1.165) is 17.1 Å². The summed E-state index contributed by atoms with van der Waals surface area (Å²) in [6.45, 7) is 5.13. The largest absolute Gasteiger partial charge is 0.480 e. The van der Waals surface area contributed by atoms with Gasteiger partial charge in [-0.25, -0.2) is 13.2 Å². The first kappa shape index (κ1) is 29.6. The summed E-state index contributed by atoms with van der Waals surface area (Å²) in [6, 6.07) is 1.48. The molecule has 0 aromatic heterocycles. The Bertz CT molecular complexity index is 1110. The van der Waals surface area contributed by atoms with Gasteiger partial charge in [0.2, 0.25) is 21.8 Å². The number of rotatable bonds is 9. The van der Waals surface area contributed by atoms with E-state index in [4.69, 9.17) is 28.9 Å². The second-order valence-corrected chi connectivity index (χ2v) is 13.1. The van der Waals surface area contributed by atoms with Crippen LogP contribution in [0.1, 0.15) is 52.4 Å². The van der Waals surface area contributed by atoms with E-state index < -0.39 is 34.0 Å². The van der Waals surface area contributed by atoms with Crippen LogP contribution in [0.2, 0.25) is 10.0 Å². The number of sulfonamides is 1. The Hall–Kier alpha value is -1.92. The first-order chi connectivity index (χ1) is 17.2. The van der Waals surface area contributed by atoms with Crippen LogP contribution in [0, 0.1) is 5.92 Å². The van der Waals surface area contributed by atoms with Gasteiger partial charge in [0.05, 0.1) is 4.90 Å². The maximum atomic E-state index is 13.2. The Morgan fingerprint density at radius 2 is 1.70 bits per heavy atom. The molecule has 1 aromatic carbocycles. The molecule has 0 aliphatic carbocycles. The van der Waals surface area contributed by atoms with Gasteiger partial charge in [-0.1, -0.05) is 23.2 Å². The summed E-state index contributed by atoms with van der Waals surface area (Å²) in [5, 5.41) is 12.4. The molecule has 2 atom stereocenters. The van der Waals surface area contributed by atoms with E-state index in [9.17, 15) is 27.9 Å². The van der Waals surface area contributed by atoms with Gasteiger partial charge >= 0.3 is 5.97 Å². The lowest BCUT2D eigenvalue weighted by Gasteiger charge is -2.38. The summed E-state index contributed by atoms with van der Waals surface area (Å²) >= 11 is 11.9. The Balaban J connectivity index is 1.61. The van der Waals surface area contributed by atoms with Gasteiger partial charge in [-0.05, 0) is 70.1 Å². The number of aliphatic carboxylic acids is 1. The molecule has 0 spiro atoms. The summed E-state index contributed by atoms with van der Waals surface area (Å²) in [4.78, 5) is 39.1. The molecule has 2 aliphatic rings. The van der Waals surface area contributed by atoms with Crippen molar-refractivity contribution < 1.29 is 27.9 Å². The van der Waals surface area contributed by atoms with Crippen LogP contribution in [-0.4, -0.2) is 77.8 Å². The molecule has 37 heavy (non-hydrogen) atoms. The van der Waals surface area contributed by atoms with E-state index in [1.54, 1.807) is 4.90 Å². The predicted molar refractivity (Wildman–Crippen MR) is 140 cm³/mol. The fraction of sp³-hybridized carbons (Fsp3) is 0.625. The van der Waals surface area contributed by atoms with Crippen molar-refractivity contribution in [2.24, 2.45) is 11.7 Å². The molecule has 0 bridgehead atoms. The zero-order valence-corrected chi connectivity index (χ0v) is 23.3. The number of carboxylic acid groups (broad SMARTS) is 1. The summed E-state index contributed by atoms with van der Waals surface area (Å²) in [6.07, 6.45) is 2.05. The lowest BCUT2D eigenvalue weighted by molar-refractivity contribution is -0.143. The molecule has 0 saturated carbocycles. The average Bonchev–Trinajstić information content (AvgIpc) is 3.31. The molecule has 1 aromatic rings. The molecule has 206 valence electrons. The first-order valence-electron chi connectivity index (χ1n) is 12.3. The maximum absolute atomic E-state index is 13.2. The van der Waals surface area contributed by atoms with Gasteiger partial charge in [0.15, 0.2) is 0 Å². The number of nitrogens with one attached hydrogen (secondary N) is 1. The van der Waals surface area contributed by atoms with E-state index in [-0.39, 0.29) is 52.2 Å². The van der Waals surface area contributed by atoms with E-state index in [0.29, 0.717) is 25.4 Å². The van der Waals surface area contributed by atoms with Crippen LogP contribution in [0.15, 0.2) is 23.1 Å². The molecule has 2 heterocycles. The first-order valence-corrected chi connectivity index (χ1v) is 14.5. The molecule has 0 unspecified atom stereocenters. The van der Waals surface area contributed by atoms with Crippen molar-refractivity contribution in [1.82, 2.24) is 14.5 Å². The summed E-state index contributed by atoms with van der Waals surface area (Å²) in [5.41, 5.74) is 5.86. The second kappa shape index (κ2) is 11.9. The number of carbonyl (C=O) groups excluding carboxylic acids is 2. The summed E-state index contributed by atoms with van der Waals surface area (Å²) < 4.78 is 27.4. The molecule has 13 heteroatoms. The van der Waals surface area contributed by atoms with Crippen LogP contribution in [0.3, 0.4) is 0 Å². The number of nitrogens with zero attached hydrogens (tertiary/aromatic N) is 2. The number of amides is 2. The predicted octanol–water partition coefficient (Wildman–Crippen LogP) is 2.47. The smallest absolute Gasteiger partial charge is 0.326 e. The van der Waals surface area contributed by atoms with Gasteiger partial charge < -0.3 is 21.1 Å². The minimum Gasteiger partial charge on any atom is -0.480 e. The van der Waals surface area contributed by atoms with Crippen molar-refractivity contribution in [2.45, 2.75) is 74.9 Å². The molecule has 4 N–H and O–H groups in total. The number of halogens is 2. The second-order valence-electron chi connectivity index (χ2n) is 10.3. The molecule has 2 amide bonds. The standard InChI is InChI=1S/C24H34Cl2N4O6S/c1-24(2,27)15-7-10-29(11-8-15)21(31)6-5-19(23(33)34)28-22(32)20-4-3-9-30(20)37(35,36)18-13-16(25)12-17(26)14-18/h12-15,19-20H,3-11,27H2,1-2H3,(H,28,32)(H,33,34)/t19-,20-/m0/s1. The quantitative estimate of drug-likeness (QED) is 0.408. The highest BCUT2D eigenvalue weighted by Crippen LogP contribution is 2.30. The Morgan fingerprint density at radius 1 is 1.11 bits per heavy atom. The van der Waals surface area contributed by atoms with Crippen molar-refractivity contribution in [2.75, 3.05) is 19.6 Å². The van der Waals surface area contributed by atoms with E-state index >= 15 is 0 Å². The third-order valence-corrected chi connectivity index (χ3v) is 9.43. The van der Waals surface area contributed by atoms with Gasteiger partial charge in [0, 0.05) is 41.6 Å². The van der Waals surface area contributed by atoms with Gasteiger partial charge in [-0.15, -0.1) is 0 Å². The Kier molecular flexibility index (Phi) is 9.50. The number of hydrogen-bond donors (Lipinski definition) is 3. The summed E-state index contributed by atoms with van der Waals surface area (Å²) in [5.74, 6) is -1.90. The van der Waals surface area contributed by atoms with E-state index in [2.05, 4.69) is 5.32 Å². The molecule has 2 fully saturated rings. The number of piperidine rings is 1. The average molecular weight is 578 g/mol. The monoisotopic (exact) mass is 576 g/mol. The van der Waals surface area contributed by atoms with E-state index in [1.165, 1.54) is 18.2 Å². The van der Waals surface area contributed by atoms with Crippen LogP contribution >= 0.6 is 23.2 Å². The van der Waals surface area contributed by atoms with Crippen molar-refractivity contribution >= 4 is 51.0 Å². The van der Waals surface area contributed by atoms with Crippen LogP contribution in [0.25, 0.3) is 0 Å². The molecule has 0 radical (unpaired) electrons. The summed E-state index contributed by atoms with van der Waals surface area (Å²) in [7, 11) is -4.10. The zero-order chi connectivity index (χ0) is 27.5. The third-order valence-electron chi connectivity index (χ3n) is 7.11. The van der Waals surface area contributed by atoms with Crippen molar-refractivity contribution in [3.63, 3.8) is 0 Å². The Morgan fingerprint density at radius 3 is 2.24 bits per heavy atom. The van der Waals surface area contributed by atoms with Gasteiger partial charge in [-0.3, -0.25) is 9.59 Å². The molecule has 2 aliphatic heterocycles. The van der Waals surface area contributed by atoms with Crippen LogP contribution in [0.4, 0.5) is 0 Å². The fourth-order valence-corrected chi connectivity index (χ4v) is 7.31. The molecule has 3 rings (SSSR count). The van der Waals surface area contributed by atoms with Crippen molar-refractivity contribution in [1.29, 1.82) is 0 Å². The normalized spacial score (nSPS) is 20.6. The number of nitrogens with two attached hydrogens (primary N) is 1. The number of carboxylic acids is 1. The molecule has 10 nitrogen and oxygen atoms in total. The van der Waals surface area contributed by atoms with Crippen LogP contribution < -0.4 is 11.1 Å². The zero-order valence-electron chi connectivity index (χ0n) is 21.0. The van der Waals surface area contributed by atoms with Gasteiger partial charge in [0.25, 0.3) is 0 Å². The maximum Gasteiger partial charge on any atom is 0.326 e. The van der Waals surface area contributed by atoms with Gasteiger partial charge in [0.1, 0.15) is 12.1 Å².